The van der Waals surface area contributed by atoms with Gasteiger partial charge in [0.15, 0.2) is 5.76 Å². The molecule has 2 fully saturated rings. The Morgan fingerprint density at radius 1 is 1.10 bits per heavy atom. The van der Waals surface area contributed by atoms with Crippen LogP contribution < -0.4 is 0 Å². The summed E-state index contributed by atoms with van der Waals surface area (Å²) in [5.41, 5.74) is 2.44. The Labute approximate surface area is 178 Å². The average Bonchev–Trinajstić information content (AvgIpc) is 3.54. The van der Waals surface area contributed by atoms with Crippen LogP contribution >= 0.6 is 0 Å². The van der Waals surface area contributed by atoms with E-state index in [1.165, 1.54) is 6.07 Å². The minimum Gasteiger partial charge on any atom is -0.356 e. The zero-order valence-electron chi connectivity index (χ0n) is 17.1. The van der Waals surface area contributed by atoms with Crippen molar-refractivity contribution in [2.24, 2.45) is 0 Å². The van der Waals surface area contributed by atoms with Gasteiger partial charge in [0.05, 0.1) is 22.5 Å². The van der Waals surface area contributed by atoms with E-state index in [0.29, 0.717) is 37.6 Å². The van der Waals surface area contributed by atoms with Gasteiger partial charge in [0.25, 0.3) is 5.91 Å². The minimum absolute atomic E-state index is 0.101. The number of benzene rings is 1. The maximum atomic E-state index is 14.0. The van der Waals surface area contributed by atoms with Crippen molar-refractivity contribution in [3.05, 3.63) is 64.9 Å². The standard InChI is InChI=1S/C23H22F2N4O2/c1-13-10-20(31-28-13)18-12-26-22(15-2-3-15)27-21(18)14-6-8-29(9-7-14)23(30)17-5-4-16(24)11-19(17)25/h4-5,10-12,14-15H,2-3,6-9H2,1H3. The van der Waals surface area contributed by atoms with Gasteiger partial charge in [0, 0.05) is 43.3 Å². The van der Waals surface area contributed by atoms with Gasteiger partial charge in [-0.15, -0.1) is 0 Å². The quantitative estimate of drug-likeness (QED) is 0.611. The Morgan fingerprint density at radius 2 is 1.87 bits per heavy atom. The number of aromatic nitrogens is 3. The summed E-state index contributed by atoms with van der Waals surface area (Å²) in [6.07, 6.45) is 5.42. The Balaban J connectivity index is 1.37. The van der Waals surface area contributed by atoms with Crippen LogP contribution in [0.25, 0.3) is 11.3 Å². The van der Waals surface area contributed by atoms with Crippen LogP contribution in [0, 0.1) is 18.6 Å². The lowest BCUT2D eigenvalue weighted by molar-refractivity contribution is 0.0707. The van der Waals surface area contributed by atoms with E-state index in [0.717, 1.165) is 47.8 Å². The molecule has 1 saturated carbocycles. The van der Waals surface area contributed by atoms with Crippen LogP contribution in [0.1, 0.15) is 65.1 Å². The fourth-order valence-corrected chi connectivity index (χ4v) is 4.13. The third-order valence-electron chi connectivity index (χ3n) is 6.00. The molecule has 1 aliphatic carbocycles. The lowest BCUT2D eigenvalue weighted by Crippen LogP contribution is -2.38. The van der Waals surface area contributed by atoms with Crippen molar-refractivity contribution in [1.82, 2.24) is 20.0 Å². The lowest BCUT2D eigenvalue weighted by atomic mass is 9.89. The van der Waals surface area contributed by atoms with Gasteiger partial charge in [-0.05, 0) is 44.7 Å². The molecule has 2 aromatic heterocycles. The summed E-state index contributed by atoms with van der Waals surface area (Å²) in [5, 5.41) is 3.99. The number of amides is 1. The third kappa shape index (κ3) is 3.94. The molecule has 31 heavy (non-hydrogen) atoms. The zero-order chi connectivity index (χ0) is 21.5. The minimum atomic E-state index is -0.833. The summed E-state index contributed by atoms with van der Waals surface area (Å²) in [6, 6.07) is 4.92. The molecule has 5 rings (SSSR count). The van der Waals surface area contributed by atoms with Gasteiger partial charge >= 0.3 is 0 Å². The van der Waals surface area contributed by atoms with Gasteiger partial charge in [-0.1, -0.05) is 5.16 Å². The number of carbonyl (C=O) groups excluding carboxylic acids is 1. The number of rotatable bonds is 4. The molecule has 3 heterocycles. The molecule has 0 bridgehead atoms. The Morgan fingerprint density at radius 3 is 2.52 bits per heavy atom. The van der Waals surface area contributed by atoms with Crippen LogP contribution in [-0.4, -0.2) is 39.0 Å². The summed E-state index contributed by atoms with van der Waals surface area (Å²) in [4.78, 5) is 23.8. The maximum Gasteiger partial charge on any atom is 0.256 e. The number of nitrogens with zero attached hydrogens (tertiary/aromatic N) is 4. The normalized spacial score (nSPS) is 17.2. The average molecular weight is 424 g/mol. The van der Waals surface area contributed by atoms with E-state index in [1.807, 2.05) is 19.2 Å². The van der Waals surface area contributed by atoms with Crippen molar-refractivity contribution in [1.29, 1.82) is 0 Å². The van der Waals surface area contributed by atoms with Crippen LogP contribution in [0.4, 0.5) is 8.78 Å². The van der Waals surface area contributed by atoms with E-state index in [-0.39, 0.29) is 11.5 Å². The summed E-state index contributed by atoms with van der Waals surface area (Å²) in [6.45, 7) is 2.81. The second-order valence-corrected chi connectivity index (χ2v) is 8.32. The molecule has 3 aromatic rings. The van der Waals surface area contributed by atoms with Crippen molar-refractivity contribution < 1.29 is 18.1 Å². The maximum absolute atomic E-state index is 14.0. The Bertz CT molecular complexity index is 1130. The van der Waals surface area contributed by atoms with E-state index in [2.05, 4.69) is 10.1 Å². The van der Waals surface area contributed by atoms with Crippen LogP contribution in [0.3, 0.4) is 0 Å². The second kappa shape index (κ2) is 7.83. The number of hydrogen-bond acceptors (Lipinski definition) is 5. The van der Waals surface area contributed by atoms with Gasteiger partial charge in [-0.2, -0.15) is 0 Å². The molecule has 6 nitrogen and oxygen atoms in total. The highest BCUT2D eigenvalue weighted by Gasteiger charge is 2.32. The molecular formula is C23H22F2N4O2. The highest BCUT2D eigenvalue weighted by atomic mass is 19.1. The fraction of sp³-hybridized carbons (Fsp3) is 0.391. The van der Waals surface area contributed by atoms with E-state index in [4.69, 9.17) is 9.51 Å². The largest absolute Gasteiger partial charge is 0.356 e. The van der Waals surface area contributed by atoms with Gasteiger partial charge < -0.3 is 9.42 Å². The smallest absolute Gasteiger partial charge is 0.256 e. The van der Waals surface area contributed by atoms with Gasteiger partial charge in [0.1, 0.15) is 17.5 Å². The van der Waals surface area contributed by atoms with Crippen LogP contribution in [-0.2, 0) is 0 Å². The SMILES string of the molecule is Cc1cc(-c2cnc(C3CC3)nc2C2CCN(C(=O)c3ccc(F)cc3F)CC2)on1. The van der Waals surface area contributed by atoms with Gasteiger partial charge in [-0.25, -0.2) is 18.7 Å². The molecule has 1 aromatic carbocycles. The molecule has 0 spiro atoms. The van der Waals surface area contributed by atoms with E-state index < -0.39 is 17.5 Å². The number of carbonyl (C=O) groups is 1. The third-order valence-corrected chi connectivity index (χ3v) is 6.00. The molecule has 2 aliphatic rings. The first-order valence-corrected chi connectivity index (χ1v) is 10.5. The van der Waals surface area contributed by atoms with Crippen molar-refractivity contribution in [3.63, 3.8) is 0 Å². The topological polar surface area (TPSA) is 72.1 Å². The molecular weight excluding hydrogens is 402 g/mol. The molecule has 0 unspecified atom stereocenters. The first-order chi connectivity index (χ1) is 15.0. The summed E-state index contributed by atoms with van der Waals surface area (Å²) in [7, 11) is 0. The number of likely N-dealkylation sites (tertiary alicyclic amines) is 1. The molecule has 0 N–H and O–H groups in total. The monoisotopic (exact) mass is 424 g/mol. The first-order valence-electron chi connectivity index (χ1n) is 10.5. The number of halogens is 2. The van der Waals surface area contributed by atoms with Crippen LogP contribution in [0.5, 0.6) is 0 Å². The number of piperidine rings is 1. The lowest BCUT2D eigenvalue weighted by Gasteiger charge is -2.32. The Hall–Kier alpha value is -3.16. The van der Waals surface area contributed by atoms with Crippen molar-refractivity contribution in [3.8, 4) is 11.3 Å². The fourth-order valence-electron chi connectivity index (χ4n) is 4.13. The van der Waals surface area contributed by atoms with E-state index >= 15 is 0 Å². The van der Waals surface area contributed by atoms with Crippen LogP contribution in [0.15, 0.2) is 35.0 Å². The molecule has 160 valence electrons. The van der Waals surface area contributed by atoms with E-state index in [1.54, 1.807) is 4.90 Å². The van der Waals surface area contributed by atoms with Gasteiger partial charge in [0.2, 0.25) is 0 Å². The summed E-state index contributed by atoms with van der Waals surface area (Å²) < 4.78 is 32.7. The number of aryl methyl sites for hydroxylation is 1. The predicted octanol–water partition coefficient (Wildman–Crippen LogP) is 4.62. The van der Waals surface area contributed by atoms with Crippen LogP contribution in [0.2, 0.25) is 0 Å². The summed E-state index contributed by atoms with van der Waals surface area (Å²) in [5.74, 6) is 0.112. The molecule has 1 amide bonds. The first kappa shape index (κ1) is 19.8. The van der Waals surface area contributed by atoms with Gasteiger partial charge in [-0.3, -0.25) is 4.79 Å². The van der Waals surface area contributed by atoms with Crippen molar-refractivity contribution in [2.75, 3.05) is 13.1 Å². The molecule has 0 atom stereocenters. The predicted molar refractivity (Wildman–Crippen MR) is 108 cm³/mol. The molecule has 1 aliphatic heterocycles. The second-order valence-electron chi connectivity index (χ2n) is 8.32. The van der Waals surface area contributed by atoms with E-state index in [9.17, 15) is 13.6 Å². The highest BCUT2D eigenvalue weighted by molar-refractivity contribution is 5.94. The molecule has 8 heteroatoms. The van der Waals surface area contributed by atoms with Crippen molar-refractivity contribution in [2.45, 2.75) is 44.4 Å². The molecule has 0 radical (unpaired) electrons. The number of hydrogen-bond donors (Lipinski definition) is 0. The highest BCUT2D eigenvalue weighted by Crippen LogP contribution is 2.41. The van der Waals surface area contributed by atoms with Crippen molar-refractivity contribution >= 4 is 5.91 Å². The zero-order valence-corrected chi connectivity index (χ0v) is 17.1. The Kier molecular flexibility index (Phi) is 5.00. The summed E-state index contributed by atoms with van der Waals surface area (Å²) >= 11 is 0. The molecule has 1 saturated heterocycles.